The topological polar surface area (TPSA) is 40.5 Å². The zero-order valence-electron chi connectivity index (χ0n) is 15.9. The van der Waals surface area contributed by atoms with E-state index in [0.717, 1.165) is 36.1 Å². The van der Waals surface area contributed by atoms with Gasteiger partial charge in [0.15, 0.2) is 0 Å². The maximum atomic E-state index is 11.1. The first kappa shape index (κ1) is 20.2. The molecule has 0 saturated carbocycles. The Morgan fingerprint density at radius 2 is 1.64 bits per heavy atom. The standard InChI is InChI=1S/C24H24BrNO2/c1-2-26(23-14-11-20(12-15-23)24(27)28)17-21-16-22(25)13-10-19(21)9-8-18-6-4-3-5-7-18/h3-7,10-16H,2,8-9,17H2,1H3,(H,27,28). The van der Waals surface area contributed by atoms with Crippen molar-refractivity contribution in [1.82, 2.24) is 0 Å². The first-order chi connectivity index (χ1) is 13.6. The molecule has 144 valence electrons. The molecule has 0 heterocycles. The molecule has 3 nitrogen and oxygen atoms in total. The number of aryl methyl sites for hydroxylation is 2. The highest BCUT2D eigenvalue weighted by Crippen LogP contribution is 2.23. The fourth-order valence-electron chi connectivity index (χ4n) is 3.32. The molecule has 3 aromatic rings. The van der Waals surface area contributed by atoms with Crippen molar-refractivity contribution in [3.8, 4) is 0 Å². The summed E-state index contributed by atoms with van der Waals surface area (Å²) in [5.41, 5.74) is 5.31. The smallest absolute Gasteiger partial charge is 0.335 e. The van der Waals surface area contributed by atoms with Crippen LogP contribution in [0.2, 0.25) is 0 Å². The molecule has 0 radical (unpaired) electrons. The van der Waals surface area contributed by atoms with Crippen molar-refractivity contribution in [1.29, 1.82) is 0 Å². The monoisotopic (exact) mass is 437 g/mol. The Labute approximate surface area is 174 Å². The molecule has 0 aliphatic carbocycles. The molecule has 0 bridgehead atoms. The van der Waals surface area contributed by atoms with E-state index in [4.69, 9.17) is 5.11 Å². The molecule has 0 aromatic heterocycles. The van der Waals surface area contributed by atoms with Crippen molar-refractivity contribution < 1.29 is 9.90 Å². The normalized spacial score (nSPS) is 10.6. The third kappa shape index (κ3) is 5.23. The molecule has 0 fully saturated rings. The SMILES string of the molecule is CCN(Cc1cc(Br)ccc1CCc1ccccc1)c1ccc(C(=O)O)cc1. The molecule has 0 amide bonds. The minimum atomic E-state index is -0.898. The van der Waals surface area contributed by atoms with Gasteiger partial charge in [-0.15, -0.1) is 0 Å². The van der Waals surface area contributed by atoms with E-state index in [2.05, 4.69) is 70.2 Å². The summed E-state index contributed by atoms with van der Waals surface area (Å²) < 4.78 is 1.07. The molecule has 0 atom stereocenters. The summed E-state index contributed by atoms with van der Waals surface area (Å²) in [6.07, 6.45) is 2.00. The molecule has 3 rings (SSSR count). The number of halogens is 1. The number of carboxylic acids is 1. The Balaban J connectivity index is 1.79. The number of aromatic carboxylic acids is 1. The van der Waals surface area contributed by atoms with Gasteiger partial charge in [0.05, 0.1) is 5.56 Å². The van der Waals surface area contributed by atoms with Crippen molar-refractivity contribution in [2.45, 2.75) is 26.3 Å². The second kappa shape index (κ2) is 9.56. The first-order valence-electron chi connectivity index (χ1n) is 9.46. The van der Waals surface area contributed by atoms with E-state index >= 15 is 0 Å². The van der Waals surface area contributed by atoms with Crippen molar-refractivity contribution in [2.75, 3.05) is 11.4 Å². The van der Waals surface area contributed by atoms with E-state index in [1.54, 1.807) is 12.1 Å². The molecule has 0 saturated heterocycles. The van der Waals surface area contributed by atoms with E-state index in [-0.39, 0.29) is 0 Å². The first-order valence-corrected chi connectivity index (χ1v) is 10.3. The van der Waals surface area contributed by atoms with Crippen LogP contribution in [0.3, 0.4) is 0 Å². The molecule has 0 aliphatic rings. The van der Waals surface area contributed by atoms with Crippen molar-refractivity contribution >= 4 is 27.6 Å². The van der Waals surface area contributed by atoms with Gasteiger partial charge < -0.3 is 10.0 Å². The van der Waals surface area contributed by atoms with Crippen LogP contribution in [-0.4, -0.2) is 17.6 Å². The number of carbonyl (C=O) groups is 1. The molecular formula is C24H24BrNO2. The van der Waals surface area contributed by atoms with Gasteiger partial charge >= 0.3 is 5.97 Å². The molecule has 0 unspecified atom stereocenters. The minimum absolute atomic E-state index is 0.311. The predicted octanol–water partition coefficient (Wildman–Crippen LogP) is 5.96. The van der Waals surface area contributed by atoms with Crippen LogP contribution >= 0.6 is 15.9 Å². The van der Waals surface area contributed by atoms with Crippen LogP contribution in [0.5, 0.6) is 0 Å². The Morgan fingerprint density at radius 3 is 2.29 bits per heavy atom. The van der Waals surface area contributed by atoms with Crippen LogP contribution in [0.1, 0.15) is 34.0 Å². The van der Waals surface area contributed by atoms with Gasteiger partial charge in [-0.1, -0.05) is 52.3 Å². The lowest BCUT2D eigenvalue weighted by molar-refractivity contribution is 0.0697. The summed E-state index contributed by atoms with van der Waals surface area (Å²) in [6, 6.07) is 24.1. The Hall–Kier alpha value is -2.59. The van der Waals surface area contributed by atoms with E-state index < -0.39 is 5.97 Å². The van der Waals surface area contributed by atoms with Crippen molar-refractivity contribution in [3.63, 3.8) is 0 Å². The van der Waals surface area contributed by atoms with E-state index in [1.165, 1.54) is 16.7 Å². The predicted molar refractivity (Wildman–Crippen MR) is 118 cm³/mol. The van der Waals surface area contributed by atoms with Crippen molar-refractivity contribution in [3.05, 3.63) is 99.5 Å². The number of benzene rings is 3. The highest BCUT2D eigenvalue weighted by atomic mass is 79.9. The van der Waals surface area contributed by atoms with E-state index in [0.29, 0.717) is 5.56 Å². The van der Waals surface area contributed by atoms with Gasteiger partial charge in [0.1, 0.15) is 0 Å². The lowest BCUT2D eigenvalue weighted by atomic mass is 9.99. The number of hydrogen-bond acceptors (Lipinski definition) is 2. The highest BCUT2D eigenvalue weighted by Gasteiger charge is 2.11. The number of rotatable bonds is 8. The summed E-state index contributed by atoms with van der Waals surface area (Å²) in [7, 11) is 0. The maximum absolute atomic E-state index is 11.1. The van der Waals surface area contributed by atoms with Crippen LogP contribution in [-0.2, 0) is 19.4 Å². The van der Waals surface area contributed by atoms with Crippen LogP contribution in [0, 0.1) is 0 Å². The number of nitrogens with zero attached hydrogens (tertiary/aromatic N) is 1. The molecule has 28 heavy (non-hydrogen) atoms. The molecular weight excluding hydrogens is 414 g/mol. The summed E-state index contributed by atoms with van der Waals surface area (Å²) >= 11 is 3.60. The molecule has 3 aromatic carbocycles. The summed E-state index contributed by atoms with van der Waals surface area (Å²) in [5, 5.41) is 9.11. The highest BCUT2D eigenvalue weighted by molar-refractivity contribution is 9.10. The largest absolute Gasteiger partial charge is 0.478 e. The quantitative estimate of drug-likeness (QED) is 0.472. The van der Waals surface area contributed by atoms with Gasteiger partial charge in [-0.05, 0) is 72.9 Å². The van der Waals surface area contributed by atoms with E-state index in [9.17, 15) is 4.79 Å². The molecule has 0 aliphatic heterocycles. The van der Waals surface area contributed by atoms with Crippen molar-refractivity contribution in [2.24, 2.45) is 0 Å². The van der Waals surface area contributed by atoms with Gasteiger partial charge in [-0.3, -0.25) is 0 Å². The number of anilines is 1. The zero-order valence-corrected chi connectivity index (χ0v) is 17.5. The lowest BCUT2D eigenvalue weighted by Crippen LogP contribution is -2.23. The van der Waals surface area contributed by atoms with Crippen LogP contribution in [0.4, 0.5) is 5.69 Å². The molecule has 0 spiro atoms. The van der Waals surface area contributed by atoms with Crippen LogP contribution in [0.15, 0.2) is 77.3 Å². The average molecular weight is 438 g/mol. The average Bonchev–Trinajstić information content (AvgIpc) is 2.72. The van der Waals surface area contributed by atoms with E-state index in [1.807, 2.05) is 18.2 Å². The molecule has 1 N–H and O–H groups in total. The minimum Gasteiger partial charge on any atom is -0.478 e. The third-order valence-corrected chi connectivity index (χ3v) is 5.41. The Morgan fingerprint density at radius 1 is 0.929 bits per heavy atom. The third-order valence-electron chi connectivity index (χ3n) is 4.92. The van der Waals surface area contributed by atoms with Crippen LogP contribution in [0.25, 0.3) is 0 Å². The maximum Gasteiger partial charge on any atom is 0.335 e. The zero-order chi connectivity index (χ0) is 19.9. The fourth-order valence-corrected chi connectivity index (χ4v) is 3.72. The van der Waals surface area contributed by atoms with Crippen LogP contribution < -0.4 is 4.90 Å². The van der Waals surface area contributed by atoms with Gasteiger partial charge in [-0.2, -0.15) is 0 Å². The van der Waals surface area contributed by atoms with Gasteiger partial charge in [0.25, 0.3) is 0 Å². The fraction of sp³-hybridized carbons (Fsp3) is 0.208. The second-order valence-corrected chi connectivity index (χ2v) is 7.68. The number of hydrogen-bond donors (Lipinski definition) is 1. The van der Waals surface area contributed by atoms with Gasteiger partial charge in [-0.25, -0.2) is 4.79 Å². The summed E-state index contributed by atoms with van der Waals surface area (Å²) in [6.45, 7) is 3.75. The Kier molecular flexibility index (Phi) is 6.88. The Bertz CT molecular complexity index is 923. The lowest BCUT2D eigenvalue weighted by Gasteiger charge is -2.25. The van der Waals surface area contributed by atoms with Gasteiger partial charge in [0.2, 0.25) is 0 Å². The second-order valence-electron chi connectivity index (χ2n) is 6.76. The number of carboxylic acid groups (broad SMARTS) is 1. The summed E-state index contributed by atoms with van der Waals surface area (Å²) in [5.74, 6) is -0.898. The summed E-state index contributed by atoms with van der Waals surface area (Å²) in [4.78, 5) is 13.4. The van der Waals surface area contributed by atoms with Gasteiger partial charge in [0, 0.05) is 23.2 Å². The molecule has 4 heteroatoms.